The second-order valence-corrected chi connectivity index (χ2v) is 2.42. The molecule has 3 N–H and O–H groups in total. The van der Waals surface area contributed by atoms with Crippen molar-refractivity contribution in [3.8, 4) is 0 Å². The van der Waals surface area contributed by atoms with Gasteiger partial charge in [-0.1, -0.05) is 5.21 Å². The van der Waals surface area contributed by atoms with Crippen LogP contribution in [0, 0.1) is 0 Å². The van der Waals surface area contributed by atoms with Gasteiger partial charge in [0, 0.05) is 6.04 Å². The smallest absolute Gasteiger partial charge is 0.0991 e. The maximum atomic E-state index is 8.55. The quantitative estimate of drug-likeness (QED) is 0.606. The van der Waals surface area contributed by atoms with Crippen LogP contribution in [0.25, 0.3) is 0 Å². The van der Waals surface area contributed by atoms with Gasteiger partial charge in [0.2, 0.25) is 0 Å². The minimum Gasteiger partial charge on any atom is -0.394 e. The molecule has 1 rings (SSSR count). The van der Waals surface area contributed by atoms with Crippen LogP contribution in [0.15, 0.2) is 6.20 Å². The maximum absolute atomic E-state index is 8.55. The van der Waals surface area contributed by atoms with E-state index in [1.807, 2.05) is 6.92 Å². The number of rotatable bonds is 3. The van der Waals surface area contributed by atoms with Gasteiger partial charge in [-0.25, -0.2) is 4.68 Å². The summed E-state index contributed by atoms with van der Waals surface area (Å²) in [6, 6.07) is -0.0950. The van der Waals surface area contributed by atoms with Crippen LogP contribution in [0.5, 0.6) is 0 Å². The maximum Gasteiger partial charge on any atom is 0.0991 e. The van der Waals surface area contributed by atoms with E-state index in [2.05, 4.69) is 10.3 Å². The number of aliphatic hydroxyl groups is 1. The lowest BCUT2D eigenvalue weighted by molar-refractivity contribution is 0.268. The van der Waals surface area contributed by atoms with Crippen molar-refractivity contribution in [3.05, 3.63) is 11.9 Å². The molecular formula is C6H12N4O. The van der Waals surface area contributed by atoms with Gasteiger partial charge in [0.15, 0.2) is 0 Å². The Balaban J connectivity index is 2.66. The van der Waals surface area contributed by atoms with Crippen LogP contribution in [0.2, 0.25) is 0 Å². The fourth-order valence-corrected chi connectivity index (χ4v) is 0.734. The van der Waals surface area contributed by atoms with Gasteiger partial charge in [-0.05, 0) is 6.92 Å². The molecule has 0 aliphatic heterocycles. The van der Waals surface area contributed by atoms with Crippen molar-refractivity contribution in [1.29, 1.82) is 0 Å². The molecule has 0 aliphatic carbocycles. The first kappa shape index (κ1) is 8.16. The van der Waals surface area contributed by atoms with E-state index in [9.17, 15) is 0 Å². The van der Waals surface area contributed by atoms with Crippen molar-refractivity contribution in [2.24, 2.45) is 5.73 Å². The van der Waals surface area contributed by atoms with Gasteiger partial charge < -0.3 is 10.8 Å². The highest BCUT2D eigenvalue weighted by Gasteiger charge is 2.03. The monoisotopic (exact) mass is 156 g/mol. The van der Waals surface area contributed by atoms with E-state index >= 15 is 0 Å². The molecule has 0 saturated heterocycles. The molecule has 0 fully saturated rings. The second kappa shape index (κ2) is 3.45. The predicted molar refractivity (Wildman–Crippen MR) is 39.7 cm³/mol. The molecule has 1 heterocycles. The average Bonchev–Trinajstić information content (AvgIpc) is 2.37. The Kier molecular flexibility index (Phi) is 2.56. The Hall–Kier alpha value is -0.940. The standard InChI is InChI=1S/C6H12N4O/c1-5(7)6-4-10(2-3-11)9-8-6/h4-5,11H,2-3,7H2,1H3. The van der Waals surface area contributed by atoms with Gasteiger partial charge in [-0.2, -0.15) is 0 Å². The zero-order chi connectivity index (χ0) is 8.27. The first-order chi connectivity index (χ1) is 5.24. The third kappa shape index (κ3) is 1.99. The van der Waals surface area contributed by atoms with E-state index in [-0.39, 0.29) is 12.6 Å². The van der Waals surface area contributed by atoms with Crippen molar-refractivity contribution in [3.63, 3.8) is 0 Å². The van der Waals surface area contributed by atoms with E-state index in [0.29, 0.717) is 6.54 Å². The number of nitrogens with two attached hydrogens (primary N) is 1. The predicted octanol–water partition coefficient (Wildman–Crippen LogP) is -0.710. The molecule has 11 heavy (non-hydrogen) atoms. The van der Waals surface area contributed by atoms with Crippen LogP contribution in [0.3, 0.4) is 0 Å². The summed E-state index contributed by atoms with van der Waals surface area (Å²) in [5, 5.41) is 16.1. The Morgan fingerprint density at radius 3 is 3.00 bits per heavy atom. The third-order valence-corrected chi connectivity index (χ3v) is 1.35. The highest BCUT2D eigenvalue weighted by Crippen LogP contribution is 2.02. The topological polar surface area (TPSA) is 77.0 Å². The molecule has 0 spiro atoms. The minimum absolute atomic E-state index is 0.0712. The molecule has 0 amide bonds. The summed E-state index contributed by atoms with van der Waals surface area (Å²) in [5.74, 6) is 0. The summed E-state index contributed by atoms with van der Waals surface area (Å²) in [7, 11) is 0. The van der Waals surface area contributed by atoms with Crippen molar-refractivity contribution in [1.82, 2.24) is 15.0 Å². The summed E-state index contributed by atoms with van der Waals surface area (Å²) in [4.78, 5) is 0. The van der Waals surface area contributed by atoms with Gasteiger partial charge in [-0.15, -0.1) is 5.10 Å². The van der Waals surface area contributed by atoms with Crippen molar-refractivity contribution in [2.45, 2.75) is 19.5 Å². The Morgan fingerprint density at radius 2 is 2.55 bits per heavy atom. The molecule has 0 aliphatic rings. The normalized spacial score (nSPS) is 13.4. The zero-order valence-corrected chi connectivity index (χ0v) is 6.44. The van der Waals surface area contributed by atoms with Crippen LogP contribution in [0.4, 0.5) is 0 Å². The minimum atomic E-state index is -0.0950. The lowest BCUT2D eigenvalue weighted by Crippen LogP contribution is -2.05. The SMILES string of the molecule is CC(N)c1cn(CCO)nn1. The lowest BCUT2D eigenvalue weighted by atomic mass is 10.3. The average molecular weight is 156 g/mol. The first-order valence-corrected chi connectivity index (χ1v) is 3.50. The highest BCUT2D eigenvalue weighted by molar-refractivity contribution is 4.97. The van der Waals surface area contributed by atoms with Crippen LogP contribution < -0.4 is 5.73 Å². The molecule has 1 aromatic rings. The van der Waals surface area contributed by atoms with Crippen molar-refractivity contribution in [2.75, 3.05) is 6.61 Å². The molecular weight excluding hydrogens is 144 g/mol. The van der Waals surface area contributed by atoms with E-state index in [1.165, 1.54) is 0 Å². The molecule has 0 aromatic carbocycles. The summed E-state index contributed by atoms with van der Waals surface area (Å²) in [6.07, 6.45) is 1.74. The number of aliphatic hydroxyl groups excluding tert-OH is 1. The number of hydrogen-bond donors (Lipinski definition) is 2. The summed E-state index contributed by atoms with van der Waals surface area (Å²) < 4.78 is 1.57. The van der Waals surface area contributed by atoms with E-state index < -0.39 is 0 Å². The second-order valence-electron chi connectivity index (χ2n) is 2.42. The fourth-order valence-electron chi connectivity index (χ4n) is 0.734. The molecule has 1 atom stereocenters. The largest absolute Gasteiger partial charge is 0.394 e. The van der Waals surface area contributed by atoms with E-state index in [4.69, 9.17) is 10.8 Å². The number of nitrogens with zero attached hydrogens (tertiary/aromatic N) is 3. The van der Waals surface area contributed by atoms with E-state index in [0.717, 1.165) is 5.69 Å². The van der Waals surface area contributed by atoms with Crippen LogP contribution in [-0.2, 0) is 6.54 Å². The highest BCUT2D eigenvalue weighted by atomic mass is 16.3. The van der Waals surface area contributed by atoms with Crippen molar-refractivity contribution >= 4 is 0 Å². The first-order valence-electron chi connectivity index (χ1n) is 3.50. The Labute approximate surface area is 64.8 Å². The number of aromatic nitrogens is 3. The third-order valence-electron chi connectivity index (χ3n) is 1.35. The molecule has 1 unspecified atom stereocenters. The van der Waals surface area contributed by atoms with Gasteiger partial charge in [0.1, 0.15) is 0 Å². The molecule has 1 aromatic heterocycles. The Bertz CT molecular complexity index is 220. The van der Waals surface area contributed by atoms with Gasteiger partial charge in [-0.3, -0.25) is 0 Å². The van der Waals surface area contributed by atoms with Crippen molar-refractivity contribution < 1.29 is 5.11 Å². The molecule has 62 valence electrons. The number of hydrogen-bond acceptors (Lipinski definition) is 4. The van der Waals surface area contributed by atoms with Crippen LogP contribution in [-0.4, -0.2) is 26.7 Å². The van der Waals surface area contributed by atoms with Gasteiger partial charge in [0.25, 0.3) is 0 Å². The molecule has 5 heteroatoms. The van der Waals surface area contributed by atoms with E-state index in [1.54, 1.807) is 10.9 Å². The molecule has 5 nitrogen and oxygen atoms in total. The van der Waals surface area contributed by atoms with Crippen LogP contribution in [0.1, 0.15) is 18.7 Å². The Morgan fingerprint density at radius 1 is 1.82 bits per heavy atom. The fraction of sp³-hybridized carbons (Fsp3) is 0.667. The summed E-state index contributed by atoms with van der Waals surface area (Å²) >= 11 is 0. The molecule has 0 saturated carbocycles. The molecule has 0 radical (unpaired) electrons. The molecule has 0 bridgehead atoms. The summed E-state index contributed by atoms with van der Waals surface area (Å²) in [5.41, 5.74) is 6.29. The summed E-state index contributed by atoms with van der Waals surface area (Å²) in [6.45, 7) is 2.38. The zero-order valence-electron chi connectivity index (χ0n) is 6.44. The van der Waals surface area contributed by atoms with Gasteiger partial charge >= 0.3 is 0 Å². The van der Waals surface area contributed by atoms with Crippen LogP contribution >= 0.6 is 0 Å². The van der Waals surface area contributed by atoms with Gasteiger partial charge in [0.05, 0.1) is 25.0 Å². The lowest BCUT2D eigenvalue weighted by Gasteiger charge is -1.95.